The highest BCUT2D eigenvalue weighted by atomic mass is 19.1. The van der Waals surface area contributed by atoms with Crippen LogP contribution in [0.15, 0.2) is 30.5 Å². The van der Waals surface area contributed by atoms with E-state index in [0.29, 0.717) is 52.6 Å². The van der Waals surface area contributed by atoms with Crippen LogP contribution in [0.25, 0.3) is 32.9 Å². The van der Waals surface area contributed by atoms with Gasteiger partial charge in [-0.1, -0.05) is 18.4 Å². The third kappa shape index (κ3) is 4.35. The first-order valence-corrected chi connectivity index (χ1v) is 15.5. The number of alkyl halides is 1. The summed E-state index contributed by atoms with van der Waals surface area (Å²) in [5, 5.41) is 1.41. The molecule has 44 heavy (non-hydrogen) atoms. The summed E-state index contributed by atoms with van der Waals surface area (Å²) < 4.78 is 52.4. The maximum Gasteiger partial charge on any atom is 0.319 e. The van der Waals surface area contributed by atoms with Crippen molar-refractivity contribution < 1.29 is 17.9 Å². The number of halogens is 3. The van der Waals surface area contributed by atoms with E-state index < -0.39 is 23.3 Å². The molecule has 8 rings (SSSR count). The van der Waals surface area contributed by atoms with E-state index in [1.165, 1.54) is 12.5 Å². The van der Waals surface area contributed by atoms with Crippen molar-refractivity contribution in [2.75, 3.05) is 36.9 Å². The monoisotopic (exact) mass is 598 g/mol. The second-order valence-corrected chi connectivity index (χ2v) is 12.9. The molecular weight excluding hydrogens is 565 g/mol. The Morgan fingerprint density at radius 1 is 1.14 bits per heavy atom. The number of rotatable bonds is 5. The summed E-state index contributed by atoms with van der Waals surface area (Å²) in [5.74, 6) is 2.32. The van der Waals surface area contributed by atoms with Crippen molar-refractivity contribution in [3.63, 3.8) is 0 Å². The minimum atomic E-state index is -0.896. The molecular formula is C34H33F3N6O. The molecule has 0 bridgehead atoms. The minimum absolute atomic E-state index is 0.0126. The van der Waals surface area contributed by atoms with Crippen molar-refractivity contribution in [3.8, 4) is 29.6 Å². The van der Waals surface area contributed by atoms with E-state index >= 15 is 4.39 Å². The summed E-state index contributed by atoms with van der Waals surface area (Å²) >= 11 is 0. The SMILES string of the molecule is C#Cc1c(F)ccc2cc(N)cc(-c3ncc4c(N5CCCC[C@@H]6C[C@@H]65)nc(OC[C@@]56CCCN5C[C@H](F)C6)nc4c3F)c12. The molecule has 2 aromatic carbocycles. The second kappa shape index (κ2) is 10.2. The first kappa shape index (κ1) is 27.4. The van der Waals surface area contributed by atoms with Crippen LogP contribution < -0.4 is 15.4 Å². The van der Waals surface area contributed by atoms with Crippen LogP contribution in [0.2, 0.25) is 0 Å². The molecule has 10 heteroatoms. The van der Waals surface area contributed by atoms with Gasteiger partial charge in [-0.15, -0.1) is 6.42 Å². The number of ether oxygens (including phenoxy) is 1. The molecule has 1 aliphatic carbocycles. The lowest BCUT2D eigenvalue weighted by molar-refractivity contribution is 0.107. The number of nitrogens with two attached hydrogens (primary N) is 1. The summed E-state index contributed by atoms with van der Waals surface area (Å²) in [6.07, 6.45) is 13.0. The highest BCUT2D eigenvalue weighted by Gasteiger charge is 2.49. The predicted octanol–water partition coefficient (Wildman–Crippen LogP) is 6.02. The van der Waals surface area contributed by atoms with Crippen molar-refractivity contribution in [1.29, 1.82) is 0 Å². The fourth-order valence-electron chi connectivity index (χ4n) is 7.97. The van der Waals surface area contributed by atoms with Gasteiger partial charge in [0, 0.05) is 48.4 Å². The lowest BCUT2D eigenvalue weighted by atomic mass is 9.95. The van der Waals surface area contributed by atoms with Crippen molar-refractivity contribution in [2.45, 2.75) is 62.7 Å². The number of fused-ring (bicyclic) bond motifs is 4. The van der Waals surface area contributed by atoms with Crippen LogP contribution in [0.5, 0.6) is 6.01 Å². The Bertz CT molecular complexity index is 1860. The third-order valence-corrected chi connectivity index (χ3v) is 10.1. The average molecular weight is 599 g/mol. The Hall–Kier alpha value is -4.10. The predicted molar refractivity (Wildman–Crippen MR) is 164 cm³/mol. The molecule has 1 saturated carbocycles. The molecule has 4 atom stereocenters. The summed E-state index contributed by atoms with van der Waals surface area (Å²) in [5.41, 5.74) is 6.48. The van der Waals surface area contributed by atoms with Gasteiger partial charge in [-0.25, -0.2) is 13.2 Å². The second-order valence-electron chi connectivity index (χ2n) is 12.9. The van der Waals surface area contributed by atoms with Crippen LogP contribution in [0.4, 0.5) is 24.7 Å². The Morgan fingerprint density at radius 3 is 2.89 bits per heavy atom. The van der Waals surface area contributed by atoms with E-state index in [4.69, 9.17) is 21.9 Å². The molecule has 0 unspecified atom stereocenters. The lowest BCUT2D eigenvalue weighted by Crippen LogP contribution is -2.43. The van der Waals surface area contributed by atoms with Gasteiger partial charge in [-0.05, 0) is 68.2 Å². The topological polar surface area (TPSA) is 80.4 Å². The van der Waals surface area contributed by atoms with Crippen LogP contribution in [-0.2, 0) is 0 Å². The summed E-state index contributed by atoms with van der Waals surface area (Å²) in [6, 6.07) is 6.47. The van der Waals surface area contributed by atoms with Crippen LogP contribution in [0, 0.1) is 29.9 Å². The van der Waals surface area contributed by atoms with Gasteiger partial charge in [0.1, 0.15) is 35.6 Å². The van der Waals surface area contributed by atoms with Crippen LogP contribution in [0.3, 0.4) is 0 Å². The number of nitrogen functional groups attached to an aromatic ring is 1. The van der Waals surface area contributed by atoms with Gasteiger partial charge in [0.2, 0.25) is 0 Å². The first-order valence-electron chi connectivity index (χ1n) is 15.5. The van der Waals surface area contributed by atoms with E-state index in [1.54, 1.807) is 24.4 Å². The Balaban J connectivity index is 1.28. The van der Waals surface area contributed by atoms with E-state index in [2.05, 4.69) is 25.7 Å². The molecule has 2 N–H and O–H groups in total. The summed E-state index contributed by atoms with van der Waals surface area (Å²) in [7, 11) is 0. The molecule has 0 spiro atoms. The Kier molecular flexibility index (Phi) is 6.38. The van der Waals surface area contributed by atoms with Crippen molar-refractivity contribution >= 4 is 33.2 Å². The van der Waals surface area contributed by atoms with Gasteiger partial charge < -0.3 is 15.4 Å². The molecule has 4 fully saturated rings. The zero-order valence-corrected chi connectivity index (χ0v) is 24.3. The number of nitrogens with zero attached hydrogens (tertiary/aromatic N) is 5. The van der Waals surface area contributed by atoms with Gasteiger partial charge in [0.25, 0.3) is 0 Å². The number of terminal acetylenes is 1. The van der Waals surface area contributed by atoms with Crippen molar-refractivity contribution in [3.05, 3.63) is 47.7 Å². The maximum absolute atomic E-state index is 16.8. The van der Waals surface area contributed by atoms with Gasteiger partial charge in [0.05, 0.1) is 16.5 Å². The largest absolute Gasteiger partial charge is 0.461 e. The molecule has 226 valence electrons. The average Bonchev–Trinajstić information content (AvgIpc) is 3.62. The summed E-state index contributed by atoms with van der Waals surface area (Å²) in [6.45, 7) is 2.27. The first-order chi connectivity index (χ1) is 21.3. The smallest absolute Gasteiger partial charge is 0.319 e. The van der Waals surface area contributed by atoms with Gasteiger partial charge >= 0.3 is 6.01 Å². The van der Waals surface area contributed by atoms with Crippen LogP contribution >= 0.6 is 0 Å². The number of hydrogen-bond acceptors (Lipinski definition) is 7. The van der Waals surface area contributed by atoms with Gasteiger partial charge in [-0.2, -0.15) is 9.97 Å². The molecule has 4 aliphatic rings. The highest BCUT2D eigenvalue weighted by Crippen LogP contribution is 2.46. The zero-order chi connectivity index (χ0) is 30.2. The number of anilines is 2. The number of hydrogen-bond donors (Lipinski definition) is 1. The molecule has 2 aromatic heterocycles. The fraction of sp³-hybridized carbons (Fsp3) is 0.441. The standard InChI is InChI=1S/C34H33F3N6O/c1-2-23-26(36)8-7-20-12-22(38)14-24(28(20)23)30-29(37)31-25(16-39-30)32(43-11-4-3-6-19-13-27(19)43)41-33(40-31)44-18-34-9-5-10-42(34)17-21(35)15-34/h1,7-8,12,14,16,19,21,27H,3-6,9-11,13,15,17-18,38H2/t19-,21-,27+,34+/m1/s1. The van der Waals surface area contributed by atoms with E-state index in [0.717, 1.165) is 45.2 Å². The minimum Gasteiger partial charge on any atom is -0.461 e. The fourth-order valence-corrected chi connectivity index (χ4v) is 7.97. The number of pyridine rings is 1. The molecule has 0 radical (unpaired) electrons. The molecule has 5 heterocycles. The van der Waals surface area contributed by atoms with Crippen LogP contribution in [0.1, 0.15) is 50.5 Å². The highest BCUT2D eigenvalue weighted by molar-refractivity contribution is 6.03. The summed E-state index contributed by atoms with van der Waals surface area (Å²) in [4.78, 5) is 18.4. The van der Waals surface area contributed by atoms with Crippen molar-refractivity contribution in [1.82, 2.24) is 19.9 Å². The van der Waals surface area contributed by atoms with Gasteiger partial charge in [0.15, 0.2) is 5.82 Å². The normalized spacial score (nSPS) is 26.4. The number of benzene rings is 2. The third-order valence-electron chi connectivity index (χ3n) is 10.1. The van der Waals surface area contributed by atoms with E-state index in [9.17, 15) is 8.78 Å². The quantitative estimate of drug-likeness (QED) is 0.222. The van der Waals surface area contributed by atoms with E-state index in [1.807, 2.05) is 0 Å². The molecule has 3 aliphatic heterocycles. The van der Waals surface area contributed by atoms with Crippen molar-refractivity contribution in [2.24, 2.45) is 5.92 Å². The molecule has 3 saturated heterocycles. The molecule has 0 amide bonds. The maximum atomic E-state index is 16.8. The van der Waals surface area contributed by atoms with Gasteiger partial charge in [-0.3, -0.25) is 9.88 Å². The number of aromatic nitrogens is 3. The Morgan fingerprint density at radius 2 is 2.02 bits per heavy atom. The molecule has 7 nitrogen and oxygen atoms in total. The lowest BCUT2D eigenvalue weighted by Gasteiger charge is -2.31. The van der Waals surface area contributed by atoms with Crippen LogP contribution in [-0.4, -0.2) is 63.8 Å². The van der Waals surface area contributed by atoms with E-state index in [-0.39, 0.29) is 35.0 Å². The molecule has 4 aromatic rings. The zero-order valence-electron chi connectivity index (χ0n) is 24.3. The Labute approximate surface area is 253 Å².